The number of unbranched alkanes of at least 4 members (excludes halogenated alkanes) is 12. The maximum Gasteiger partial charge on any atom is 0.296 e. The number of rotatable bonds is 17. The zero-order valence-corrected chi connectivity index (χ0v) is 22.2. The SMILES string of the molecule is CCCCCCCCCCCCCCCC1Nc2c(cccc2S(=O)(=O)O)N1Cc1ccccc1. The third-order valence-corrected chi connectivity index (χ3v) is 7.95. The standard InChI is InChI=1S/C29H44N2O3S/c1-2-3-4-5-6-7-8-9-10-11-12-13-17-23-28-30-29-26(21-18-22-27(29)35(32,33)34)31(28)24-25-19-15-14-16-20-25/h14-16,18-22,28,30H,2-13,17,23-24H2,1H3,(H,32,33,34). The summed E-state index contributed by atoms with van der Waals surface area (Å²) in [6.07, 6.45) is 18.1. The first kappa shape index (κ1) is 27.5. The van der Waals surface area contributed by atoms with E-state index in [1.807, 2.05) is 24.3 Å². The van der Waals surface area contributed by atoms with Crippen LogP contribution in [0, 0.1) is 0 Å². The lowest BCUT2D eigenvalue weighted by atomic mass is 10.0. The molecule has 0 amide bonds. The number of nitrogens with one attached hydrogen (secondary N) is 1. The van der Waals surface area contributed by atoms with Crippen LogP contribution in [0.5, 0.6) is 0 Å². The van der Waals surface area contributed by atoms with E-state index in [1.165, 1.54) is 88.7 Å². The van der Waals surface area contributed by atoms with Gasteiger partial charge in [0.15, 0.2) is 0 Å². The molecule has 1 aliphatic heterocycles. The molecule has 6 heteroatoms. The van der Waals surface area contributed by atoms with E-state index < -0.39 is 10.1 Å². The van der Waals surface area contributed by atoms with Gasteiger partial charge in [0.25, 0.3) is 10.1 Å². The number of para-hydroxylation sites is 1. The van der Waals surface area contributed by atoms with Crippen LogP contribution in [-0.2, 0) is 16.7 Å². The first-order chi connectivity index (χ1) is 17.0. The van der Waals surface area contributed by atoms with E-state index in [0.29, 0.717) is 12.2 Å². The van der Waals surface area contributed by atoms with Crippen LogP contribution >= 0.6 is 0 Å². The molecule has 2 aromatic carbocycles. The summed E-state index contributed by atoms with van der Waals surface area (Å²) in [4.78, 5) is 2.20. The molecule has 5 nitrogen and oxygen atoms in total. The third kappa shape index (κ3) is 8.84. The highest BCUT2D eigenvalue weighted by Gasteiger charge is 2.32. The molecule has 2 aromatic rings. The Kier molecular flexibility index (Phi) is 11.4. The van der Waals surface area contributed by atoms with Crippen molar-refractivity contribution in [3.8, 4) is 0 Å². The molecule has 0 aliphatic carbocycles. The molecule has 0 fully saturated rings. The van der Waals surface area contributed by atoms with Gasteiger partial charge in [0.1, 0.15) is 4.90 Å². The minimum absolute atomic E-state index is 0.0146. The van der Waals surface area contributed by atoms with Crippen LogP contribution in [0.2, 0.25) is 0 Å². The summed E-state index contributed by atoms with van der Waals surface area (Å²) in [6, 6.07) is 15.3. The molecule has 0 bridgehead atoms. The first-order valence-corrected chi connectivity index (χ1v) is 15.1. The number of benzene rings is 2. The van der Waals surface area contributed by atoms with Crippen LogP contribution in [-0.4, -0.2) is 19.1 Å². The second-order valence-electron chi connectivity index (χ2n) is 9.93. The Labute approximate surface area is 213 Å². The minimum atomic E-state index is -4.29. The molecule has 0 spiro atoms. The predicted molar refractivity (Wildman–Crippen MR) is 147 cm³/mol. The van der Waals surface area contributed by atoms with Gasteiger partial charge in [0.2, 0.25) is 0 Å². The number of anilines is 2. The van der Waals surface area contributed by atoms with Gasteiger partial charge in [-0.1, -0.05) is 120 Å². The molecule has 3 rings (SSSR count). The van der Waals surface area contributed by atoms with Crippen LogP contribution in [0.4, 0.5) is 11.4 Å². The quantitative estimate of drug-likeness (QED) is 0.169. The number of hydrogen-bond donors (Lipinski definition) is 2. The maximum atomic E-state index is 11.9. The summed E-state index contributed by atoms with van der Waals surface area (Å²) >= 11 is 0. The fraction of sp³-hybridized carbons (Fsp3) is 0.586. The van der Waals surface area contributed by atoms with Gasteiger partial charge in [-0.05, 0) is 30.5 Å². The Bertz CT molecular complexity index is 979. The lowest BCUT2D eigenvalue weighted by Crippen LogP contribution is -2.35. The van der Waals surface area contributed by atoms with Crippen molar-refractivity contribution in [1.82, 2.24) is 0 Å². The van der Waals surface area contributed by atoms with Crippen molar-refractivity contribution >= 4 is 21.5 Å². The van der Waals surface area contributed by atoms with Crippen LogP contribution < -0.4 is 10.2 Å². The summed E-state index contributed by atoms with van der Waals surface area (Å²) in [5, 5.41) is 3.41. The highest BCUT2D eigenvalue weighted by Crippen LogP contribution is 2.41. The molecular formula is C29H44N2O3S. The fourth-order valence-electron chi connectivity index (χ4n) is 5.09. The molecule has 1 atom stereocenters. The van der Waals surface area contributed by atoms with Gasteiger partial charge in [-0.15, -0.1) is 0 Å². The molecule has 0 radical (unpaired) electrons. The Morgan fingerprint density at radius 2 is 1.34 bits per heavy atom. The van der Waals surface area contributed by atoms with E-state index in [0.717, 1.165) is 18.5 Å². The summed E-state index contributed by atoms with van der Waals surface area (Å²) < 4.78 is 33.6. The van der Waals surface area contributed by atoms with Crippen LogP contribution in [0.3, 0.4) is 0 Å². The van der Waals surface area contributed by atoms with E-state index >= 15 is 0 Å². The highest BCUT2D eigenvalue weighted by molar-refractivity contribution is 7.86. The maximum absolute atomic E-state index is 11.9. The zero-order valence-electron chi connectivity index (χ0n) is 21.4. The van der Waals surface area contributed by atoms with Crippen molar-refractivity contribution in [1.29, 1.82) is 0 Å². The van der Waals surface area contributed by atoms with Crippen molar-refractivity contribution in [2.75, 3.05) is 10.2 Å². The zero-order chi connectivity index (χ0) is 24.9. The van der Waals surface area contributed by atoms with E-state index in [1.54, 1.807) is 6.07 Å². The average Bonchev–Trinajstić information content (AvgIpc) is 3.19. The van der Waals surface area contributed by atoms with Crippen molar-refractivity contribution in [2.45, 2.75) is 114 Å². The van der Waals surface area contributed by atoms with Crippen LogP contribution in [0.1, 0.15) is 102 Å². The van der Waals surface area contributed by atoms with Gasteiger partial charge in [0, 0.05) is 6.54 Å². The van der Waals surface area contributed by atoms with E-state index in [-0.39, 0.29) is 11.1 Å². The van der Waals surface area contributed by atoms with Crippen LogP contribution in [0.25, 0.3) is 0 Å². The predicted octanol–water partition coefficient (Wildman–Crippen LogP) is 8.17. The second-order valence-corrected chi connectivity index (χ2v) is 11.3. The monoisotopic (exact) mass is 500 g/mol. The smallest absolute Gasteiger partial charge is 0.296 e. The largest absolute Gasteiger partial charge is 0.362 e. The lowest BCUT2D eigenvalue weighted by molar-refractivity contribution is 0.483. The van der Waals surface area contributed by atoms with Gasteiger partial charge in [-0.25, -0.2) is 0 Å². The molecule has 2 N–H and O–H groups in total. The number of fused-ring (bicyclic) bond motifs is 1. The summed E-state index contributed by atoms with van der Waals surface area (Å²) in [7, 11) is -4.29. The molecule has 0 saturated carbocycles. The van der Waals surface area contributed by atoms with Gasteiger partial charge >= 0.3 is 0 Å². The Hall–Kier alpha value is -2.05. The number of hydrogen-bond acceptors (Lipinski definition) is 4. The summed E-state index contributed by atoms with van der Waals surface area (Å²) in [6.45, 7) is 2.96. The van der Waals surface area contributed by atoms with E-state index in [9.17, 15) is 13.0 Å². The number of nitrogens with zero attached hydrogens (tertiary/aromatic N) is 1. The van der Waals surface area contributed by atoms with Crippen molar-refractivity contribution < 1.29 is 13.0 Å². The van der Waals surface area contributed by atoms with Crippen LogP contribution in [0.15, 0.2) is 53.4 Å². The van der Waals surface area contributed by atoms with Crippen molar-refractivity contribution in [2.24, 2.45) is 0 Å². The van der Waals surface area contributed by atoms with E-state index in [4.69, 9.17) is 0 Å². The molecule has 1 heterocycles. The third-order valence-electron chi connectivity index (χ3n) is 7.06. The first-order valence-electron chi connectivity index (χ1n) is 13.7. The molecule has 0 saturated heterocycles. The summed E-state index contributed by atoms with van der Waals surface area (Å²) in [5.74, 6) is 0. The van der Waals surface area contributed by atoms with Gasteiger partial charge < -0.3 is 10.2 Å². The van der Waals surface area contributed by atoms with Gasteiger partial charge in [0.05, 0.1) is 17.5 Å². The fourth-order valence-corrected chi connectivity index (χ4v) is 5.76. The molecule has 1 unspecified atom stereocenters. The Morgan fingerprint density at radius 3 is 1.91 bits per heavy atom. The Morgan fingerprint density at radius 1 is 0.771 bits per heavy atom. The normalized spacial score (nSPS) is 15.3. The summed E-state index contributed by atoms with van der Waals surface area (Å²) in [5.41, 5.74) is 2.53. The van der Waals surface area contributed by atoms with Crippen molar-refractivity contribution in [3.05, 3.63) is 54.1 Å². The molecular weight excluding hydrogens is 456 g/mol. The van der Waals surface area contributed by atoms with E-state index in [2.05, 4.69) is 29.3 Å². The average molecular weight is 501 g/mol. The van der Waals surface area contributed by atoms with Gasteiger partial charge in [-0.2, -0.15) is 8.42 Å². The molecule has 194 valence electrons. The molecule has 0 aromatic heterocycles. The lowest BCUT2D eigenvalue weighted by Gasteiger charge is -2.27. The minimum Gasteiger partial charge on any atom is -0.362 e. The molecule has 1 aliphatic rings. The second kappa shape index (κ2) is 14.5. The topological polar surface area (TPSA) is 69.6 Å². The Balaban J connectivity index is 1.44. The molecule has 35 heavy (non-hydrogen) atoms. The van der Waals surface area contributed by atoms with Crippen molar-refractivity contribution in [3.63, 3.8) is 0 Å². The van der Waals surface area contributed by atoms with Gasteiger partial charge in [-0.3, -0.25) is 4.55 Å². The highest BCUT2D eigenvalue weighted by atomic mass is 32.2.